The summed E-state index contributed by atoms with van der Waals surface area (Å²) in [6, 6.07) is 2.26. The molecule has 1 aliphatic carbocycles. The lowest BCUT2D eigenvalue weighted by molar-refractivity contribution is 0.446. The highest BCUT2D eigenvalue weighted by Gasteiger charge is 2.24. The van der Waals surface area contributed by atoms with Crippen LogP contribution in [0.15, 0.2) is 6.07 Å². The van der Waals surface area contributed by atoms with E-state index in [2.05, 4.69) is 12.2 Å². The summed E-state index contributed by atoms with van der Waals surface area (Å²) in [6.07, 6.45) is 4.44. The Morgan fingerprint density at radius 1 is 1.27 bits per heavy atom. The summed E-state index contributed by atoms with van der Waals surface area (Å²) in [4.78, 5) is 0. The molecule has 0 aliphatic heterocycles. The third-order valence-corrected chi connectivity index (χ3v) is 4.58. The van der Waals surface area contributed by atoms with Crippen molar-refractivity contribution in [2.45, 2.75) is 78.7 Å². The van der Waals surface area contributed by atoms with E-state index in [-0.39, 0.29) is 17.5 Å². The maximum atomic E-state index is 14.8. The Morgan fingerprint density at radius 3 is 2.50 bits per heavy atom. The lowest BCUT2D eigenvalue weighted by Gasteiger charge is -2.17. The molecule has 0 heterocycles. The van der Waals surface area contributed by atoms with Gasteiger partial charge in [0.05, 0.1) is 0 Å². The predicted molar refractivity (Wildman–Crippen MR) is 92.2 cm³/mol. The molecular weight excluding hydrogens is 277 g/mol. The lowest BCUT2D eigenvalue weighted by atomic mass is 9.91. The normalized spacial score (nSPS) is 18.7. The van der Waals surface area contributed by atoms with Gasteiger partial charge in [0, 0.05) is 11.6 Å². The number of rotatable bonds is 4. The number of fused-ring (bicyclic) bond motifs is 1. The van der Waals surface area contributed by atoms with Crippen LogP contribution in [-0.2, 0) is 12.8 Å². The molecule has 2 rings (SSSR count). The van der Waals surface area contributed by atoms with Crippen LogP contribution in [0, 0.1) is 5.82 Å². The minimum atomic E-state index is -0.161. The van der Waals surface area contributed by atoms with Crippen LogP contribution in [0.5, 0.6) is 5.75 Å². The van der Waals surface area contributed by atoms with E-state index >= 15 is 0 Å². The van der Waals surface area contributed by atoms with Gasteiger partial charge >= 0.3 is 0 Å². The number of phenolic OH excluding ortho intramolecular Hbond substituents is 1. The van der Waals surface area contributed by atoms with Crippen LogP contribution in [0.4, 0.5) is 4.39 Å². The maximum absolute atomic E-state index is 14.8. The van der Waals surface area contributed by atoms with Gasteiger partial charge in [0.1, 0.15) is 11.6 Å². The lowest BCUT2D eigenvalue weighted by Crippen LogP contribution is -2.28. The largest absolute Gasteiger partial charge is 0.508 e. The molecule has 126 valence electrons. The first-order valence-electron chi connectivity index (χ1n) is 8.84. The second-order valence-corrected chi connectivity index (χ2v) is 5.90. The topological polar surface area (TPSA) is 32.3 Å². The Bertz CT molecular complexity index is 473. The summed E-state index contributed by atoms with van der Waals surface area (Å²) in [6.45, 7) is 11.1. The Morgan fingerprint density at radius 2 is 1.91 bits per heavy atom. The highest BCUT2D eigenvalue weighted by atomic mass is 19.1. The van der Waals surface area contributed by atoms with Gasteiger partial charge in [-0.1, -0.05) is 34.6 Å². The highest BCUT2D eigenvalue weighted by molar-refractivity contribution is 5.45. The molecule has 0 radical (unpaired) electrons. The summed E-state index contributed by atoms with van der Waals surface area (Å²) in [7, 11) is 0. The van der Waals surface area contributed by atoms with Crippen LogP contribution in [0.2, 0.25) is 0 Å². The third-order valence-electron chi connectivity index (χ3n) is 4.58. The van der Waals surface area contributed by atoms with E-state index in [1.54, 1.807) is 6.07 Å². The van der Waals surface area contributed by atoms with Gasteiger partial charge in [-0.25, -0.2) is 4.39 Å². The summed E-state index contributed by atoms with van der Waals surface area (Å²) in [5, 5.41) is 13.6. The van der Waals surface area contributed by atoms with E-state index in [0.29, 0.717) is 11.6 Å². The molecule has 0 saturated carbocycles. The van der Waals surface area contributed by atoms with Gasteiger partial charge < -0.3 is 10.4 Å². The average Bonchev–Trinajstić information content (AvgIpc) is 2.72. The van der Waals surface area contributed by atoms with Gasteiger partial charge in [-0.2, -0.15) is 0 Å². The third kappa shape index (κ3) is 4.22. The number of hydrogen-bond donors (Lipinski definition) is 2. The molecule has 2 N–H and O–H groups in total. The van der Waals surface area contributed by atoms with Crippen molar-refractivity contribution < 1.29 is 9.50 Å². The van der Waals surface area contributed by atoms with Crippen LogP contribution in [0.25, 0.3) is 0 Å². The van der Waals surface area contributed by atoms with Crippen LogP contribution in [0.3, 0.4) is 0 Å². The Labute approximate surface area is 135 Å². The van der Waals surface area contributed by atoms with Gasteiger partial charge in [-0.05, 0) is 61.8 Å². The van der Waals surface area contributed by atoms with Crippen molar-refractivity contribution in [1.82, 2.24) is 5.32 Å². The SMILES string of the molecule is CC.CCNC1CCc2cc(O)c(C(C)CC)c(F)c2CC1. The van der Waals surface area contributed by atoms with Crippen LogP contribution in [-0.4, -0.2) is 17.7 Å². The average molecular weight is 309 g/mol. The number of aromatic hydroxyl groups is 1. The quantitative estimate of drug-likeness (QED) is 0.773. The van der Waals surface area contributed by atoms with Gasteiger partial charge in [0.2, 0.25) is 0 Å². The van der Waals surface area contributed by atoms with E-state index in [0.717, 1.165) is 49.8 Å². The number of hydrogen-bond acceptors (Lipinski definition) is 2. The second-order valence-electron chi connectivity index (χ2n) is 5.90. The Hall–Kier alpha value is -1.09. The number of nitrogens with one attached hydrogen (secondary N) is 1. The highest BCUT2D eigenvalue weighted by Crippen LogP contribution is 2.36. The molecule has 0 fully saturated rings. The molecule has 2 unspecified atom stereocenters. The summed E-state index contributed by atoms with van der Waals surface area (Å²) in [5.74, 6) is 0.0390. The smallest absolute Gasteiger partial charge is 0.133 e. The molecule has 22 heavy (non-hydrogen) atoms. The van der Waals surface area contributed by atoms with Crippen molar-refractivity contribution in [2.75, 3.05) is 6.54 Å². The van der Waals surface area contributed by atoms with E-state index in [9.17, 15) is 9.50 Å². The standard InChI is InChI=1S/C17H26FNO.C2H6/c1-4-11(3)16-15(20)10-12-6-7-13(19-5-2)8-9-14(12)17(16)18;1-2/h10-11,13,19-20H,4-9H2,1-3H3;1-2H3. The second kappa shape index (κ2) is 9.14. The van der Waals surface area contributed by atoms with Crippen molar-refractivity contribution in [2.24, 2.45) is 0 Å². The molecule has 0 spiro atoms. The first-order valence-corrected chi connectivity index (χ1v) is 8.84. The Kier molecular flexibility index (Phi) is 7.88. The number of benzene rings is 1. The molecule has 3 heteroatoms. The van der Waals surface area contributed by atoms with Crippen molar-refractivity contribution in [1.29, 1.82) is 0 Å². The van der Waals surface area contributed by atoms with E-state index < -0.39 is 0 Å². The molecule has 0 bridgehead atoms. The van der Waals surface area contributed by atoms with Crippen molar-refractivity contribution in [3.05, 3.63) is 28.6 Å². The predicted octanol–water partition coefficient (Wildman–Crippen LogP) is 4.93. The van der Waals surface area contributed by atoms with Gasteiger partial charge in [-0.15, -0.1) is 0 Å². The fraction of sp³-hybridized carbons (Fsp3) is 0.684. The zero-order valence-electron chi connectivity index (χ0n) is 14.8. The number of phenols is 1. The molecule has 1 aromatic carbocycles. The van der Waals surface area contributed by atoms with Gasteiger partial charge in [0.15, 0.2) is 0 Å². The van der Waals surface area contributed by atoms with E-state index in [4.69, 9.17) is 0 Å². The van der Waals surface area contributed by atoms with Crippen LogP contribution >= 0.6 is 0 Å². The molecule has 1 aromatic rings. The molecule has 0 aromatic heterocycles. The van der Waals surface area contributed by atoms with Crippen LogP contribution in [0.1, 0.15) is 76.5 Å². The van der Waals surface area contributed by atoms with Gasteiger partial charge in [-0.3, -0.25) is 0 Å². The van der Waals surface area contributed by atoms with Crippen molar-refractivity contribution in [3.63, 3.8) is 0 Å². The number of aryl methyl sites for hydroxylation is 1. The molecule has 2 atom stereocenters. The zero-order valence-corrected chi connectivity index (χ0v) is 14.8. The van der Waals surface area contributed by atoms with E-state index in [1.165, 1.54) is 0 Å². The first-order chi connectivity index (χ1) is 10.6. The van der Waals surface area contributed by atoms with Gasteiger partial charge in [0.25, 0.3) is 0 Å². The summed E-state index contributed by atoms with van der Waals surface area (Å²) >= 11 is 0. The summed E-state index contributed by atoms with van der Waals surface area (Å²) < 4.78 is 14.8. The van der Waals surface area contributed by atoms with E-state index in [1.807, 2.05) is 27.7 Å². The summed E-state index contributed by atoms with van der Waals surface area (Å²) in [5.41, 5.74) is 2.33. The minimum Gasteiger partial charge on any atom is -0.508 e. The monoisotopic (exact) mass is 309 g/mol. The zero-order chi connectivity index (χ0) is 16.7. The fourth-order valence-corrected chi connectivity index (χ4v) is 3.20. The number of halogens is 1. The fourth-order valence-electron chi connectivity index (χ4n) is 3.20. The first kappa shape index (κ1) is 19.0. The molecule has 0 saturated heterocycles. The molecule has 1 aliphatic rings. The molecular formula is C19H32FNO. The van der Waals surface area contributed by atoms with Crippen molar-refractivity contribution >= 4 is 0 Å². The van der Waals surface area contributed by atoms with Crippen molar-refractivity contribution in [3.8, 4) is 5.75 Å². The van der Waals surface area contributed by atoms with Crippen LogP contribution < -0.4 is 5.32 Å². The molecule has 0 amide bonds. The minimum absolute atomic E-state index is 0.0631. The maximum Gasteiger partial charge on any atom is 0.133 e. The Balaban J connectivity index is 0.00000116. The molecule has 2 nitrogen and oxygen atoms in total.